The van der Waals surface area contributed by atoms with Crippen molar-refractivity contribution in [3.8, 4) is 0 Å². The summed E-state index contributed by atoms with van der Waals surface area (Å²) in [5.41, 5.74) is 0.611. The van der Waals surface area contributed by atoms with Crippen molar-refractivity contribution in [2.45, 2.75) is 0 Å². The quantitative estimate of drug-likeness (QED) is 0.672. The van der Waals surface area contributed by atoms with Crippen molar-refractivity contribution >= 4 is 40.7 Å². The van der Waals surface area contributed by atoms with Crippen molar-refractivity contribution in [1.82, 2.24) is 0 Å². The Morgan fingerprint density at radius 3 is 2.44 bits per heavy atom. The minimum absolute atomic E-state index is 0.406. The molecule has 1 aromatic carbocycles. The van der Waals surface area contributed by atoms with Gasteiger partial charge in [-0.2, -0.15) is 0 Å². The van der Waals surface area contributed by atoms with E-state index in [1.807, 2.05) is 0 Å². The highest BCUT2D eigenvalue weighted by Crippen LogP contribution is 2.25. The topological polar surface area (TPSA) is 55.2 Å². The van der Waals surface area contributed by atoms with Crippen LogP contribution < -0.4 is 5.32 Å². The van der Waals surface area contributed by atoms with E-state index < -0.39 is 4.92 Å². The van der Waals surface area contributed by atoms with Crippen LogP contribution in [0, 0.1) is 10.1 Å². The summed E-state index contributed by atoms with van der Waals surface area (Å²) in [7, 11) is 0. The van der Waals surface area contributed by atoms with E-state index in [4.69, 9.17) is 23.2 Å². The van der Waals surface area contributed by atoms with Crippen molar-refractivity contribution in [3.05, 3.63) is 49.6 Å². The SMILES string of the molecule is CSC(=C[N+](=O)[O-])Nc1cc(Cl)cc(Cl)c1. The Morgan fingerprint density at radius 1 is 1.44 bits per heavy atom. The van der Waals surface area contributed by atoms with Crippen LogP contribution in [0.1, 0.15) is 0 Å². The predicted molar refractivity (Wildman–Crippen MR) is 68.7 cm³/mol. The van der Waals surface area contributed by atoms with Gasteiger partial charge in [-0.05, 0) is 24.5 Å². The van der Waals surface area contributed by atoms with Gasteiger partial charge < -0.3 is 5.32 Å². The number of thioether (sulfide) groups is 1. The Bertz CT molecular complexity index is 417. The number of anilines is 1. The first-order valence-electron chi connectivity index (χ1n) is 4.13. The molecule has 0 aliphatic carbocycles. The molecule has 0 aliphatic rings. The molecule has 0 bridgehead atoms. The summed E-state index contributed by atoms with van der Waals surface area (Å²) in [5, 5.41) is 14.5. The lowest BCUT2D eigenvalue weighted by Crippen LogP contribution is -1.99. The largest absolute Gasteiger partial charge is 0.345 e. The number of hydrogen-bond donors (Lipinski definition) is 1. The highest BCUT2D eigenvalue weighted by Gasteiger charge is 2.04. The maximum atomic E-state index is 10.3. The highest BCUT2D eigenvalue weighted by atomic mass is 35.5. The van der Waals surface area contributed by atoms with Gasteiger partial charge in [0.15, 0.2) is 0 Å². The van der Waals surface area contributed by atoms with Crippen LogP contribution in [0.25, 0.3) is 0 Å². The summed E-state index contributed by atoms with van der Waals surface area (Å²) in [4.78, 5) is 9.79. The summed E-state index contributed by atoms with van der Waals surface area (Å²) in [6.45, 7) is 0. The van der Waals surface area contributed by atoms with Crippen molar-refractivity contribution in [1.29, 1.82) is 0 Å². The summed E-state index contributed by atoms with van der Waals surface area (Å²) in [5.74, 6) is 0. The van der Waals surface area contributed by atoms with Gasteiger partial charge >= 0.3 is 0 Å². The first kappa shape index (κ1) is 13.2. The van der Waals surface area contributed by atoms with E-state index in [9.17, 15) is 10.1 Å². The van der Waals surface area contributed by atoms with Crippen LogP contribution >= 0.6 is 35.0 Å². The van der Waals surface area contributed by atoms with Gasteiger partial charge in [0.2, 0.25) is 0 Å². The summed E-state index contributed by atoms with van der Waals surface area (Å²) >= 11 is 12.8. The van der Waals surface area contributed by atoms with E-state index in [1.165, 1.54) is 11.8 Å². The second kappa shape index (κ2) is 5.98. The van der Waals surface area contributed by atoms with E-state index in [0.29, 0.717) is 20.8 Å². The third kappa shape index (κ3) is 4.30. The van der Waals surface area contributed by atoms with Gasteiger partial charge in [-0.3, -0.25) is 10.1 Å². The van der Waals surface area contributed by atoms with E-state index in [2.05, 4.69) is 5.32 Å². The molecule has 0 saturated carbocycles. The monoisotopic (exact) mass is 278 g/mol. The number of rotatable bonds is 4. The molecule has 0 spiro atoms. The molecule has 0 aliphatic heterocycles. The number of benzene rings is 1. The number of halogens is 2. The lowest BCUT2D eigenvalue weighted by Gasteiger charge is -2.06. The van der Waals surface area contributed by atoms with Gasteiger partial charge in [-0.1, -0.05) is 23.2 Å². The summed E-state index contributed by atoms with van der Waals surface area (Å²) in [6, 6.07) is 4.86. The Kier molecular flexibility index (Phi) is 4.92. The maximum Gasteiger partial charge on any atom is 0.264 e. The molecular formula is C9H8Cl2N2O2S. The average Bonchev–Trinajstić information content (AvgIpc) is 2.14. The average molecular weight is 279 g/mol. The lowest BCUT2D eigenvalue weighted by atomic mass is 10.3. The molecule has 1 aromatic rings. The van der Waals surface area contributed by atoms with Crippen LogP contribution in [-0.2, 0) is 0 Å². The number of nitrogens with zero attached hydrogens (tertiary/aromatic N) is 1. The molecule has 0 radical (unpaired) electrons. The van der Waals surface area contributed by atoms with Crippen molar-refractivity contribution in [3.63, 3.8) is 0 Å². The van der Waals surface area contributed by atoms with Gasteiger partial charge in [0.25, 0.3) is 6.20 Å². The minimum Gasteiger partial charge on any atom is -0.345 e. The molecule has 1 N–H and O–H groups in total. The van der Waals surface area contributed by atoms with Crippen LogP contribution in [0.2, 0.25) is 10.0 Å². The Hall–Kier alpha value is -0.910. The molecule has 0 heterocycles. The summed E-state index contributed by atoms with van der Waals surface area (Å²) < 4.78 is 0. The van der Waals surface area contributed by atoms with Crippen LogP contribution in [-0.4, -0.2) is 11.2 Å². The molecular weight excluding hydrogens is 271 g/mol. The third-order valence-electron chi connectivity index (χ3n) is 1.57. The standard InChI is InChI=1S/C9H8Cl2N2O2S/c1-16-9(5-13(14)15)12-8-3-6(10)2-7(11)4-8/h2-5,12H,1H3. The molecule has 0 amide bonds. The van der Waals surface area contributed by atoms with E-state index in [0.717, 1.165) is 6.20 Å². The fourth-order valence-electron chi connectivity index (χ4n) is 1.00. The van der Waals surface area contributed by atoms with Gasteiger partial charge in [-0.25, -0.2) is 0 Å². The number of nitrogens with one attached hydrogen (secondary N) is 1. The number of nitro groups is 1. The maximum absolute atomic E-state index is 10.3. The van der Waals surface area contributed by atoms with Crippen LogP contribution in [0.4, 0.5) is 5.69 Å². The second-order valence-electron chi connectivity index (χ2n) is 2.77. The molecule has 0 unspecified atom stereocenters. The zero-order chi connectivity index (χ0) is 12.1. The molecule has 0 atom stereocenters. The van der Waals surface area contributed by atoms with Gasteiger partial charge in [-0.15, -0.1) is 11.8 Å². The fourth-order valence-corrected chi connectivity index (χ4v) is 1.94. The molecule has 0 fully saturated rings. The van der Waals surface area contributed by atoms with Crippen LogP contribution in [0.3, 0.4) is 0 Å². The zero-order valence-corrected chi connectivity index (χ0v) is 10.6. The van der Waals surface area contributed by atoms with Crippen molar-refractivity contribution < 1.29 is 4.92 Å². The van der Waals surface area contributed by atoms with Gasteiger partial charge in [0.05, 0.1) is 4.92 Å². The molecule has 1 rings (SSSR count). The number of hydrogen-bond acceptors (Lipinski definition) is 4. The summed E-state index contributed by atoms with van der Waals surface area (Å²) in [6.07, 6.45) is 2.62. The Balaban J connectivity index is 2.90. The van der Waals surface area contributed by atoms with Crippen LogP contribution in [0.5, 0.6) is 0 Å². The van der Waals surface area contributed by atoms with Gasteiger partial charge in [0, 0.05) is 15.7 Å². The van der Waals surface area contributed by atoms with Gasteiger partial charge in [0.1, 0.15) is 5.03 Å². The van der Waals surface area contributed by atoms with Crippen molar-refractivity contribution in [2.24, 2.45) is 0 Å². The predicted octanol–water partition coefficient (Wildman–Crippen LogP) is 3.84. The molecule has 7 heteroatoms. The smallest absolute Gasteiger partial charge is 0.264 e. The van der Waals surface area contributed by atoms with E-state index in [1.54, 1.807) is 24.5 Å². The van der Waals surface area contributed by atoms with Crippen molar-refractivity contribution in [2.75, 3.05) is 11.6 Å². The third-order valence-corrected chi connectivity index (χ3v) is 2.66. The molecule has 0 saturated heterocycles. The Morgan fingerprint density at radius 2 is 2.00 bits per heavy atom. The normalized spacial score (nSPS) is 11.3. The highest BCUT2D eigenvalue weighted by molar-refractivity contribution is 8.02. The van der Waals surface area contributed by atoms with Crippen LogP contribution in [0.15, 0.2) is 29.4 Å². The molecule has 86 valence electrons. The first-order chi connectivity index (χ1) is 7.51. The fraction of sp³-hybridized carbons (Fsp3) is 0.111. The first-order valence-corrected chi connectivity index (χ1v) is 6.12. The second-order valence-corrected chi connectivity index (χ2v) is 4.49. The lowest BCUT2D eigenvalue weighted by molar-refractivity contribution is -0.402. The minimum atomic E-state index is -0.523. The molecule has 0 aromatic heterocycles. The Labute approximate surface area is 107 Å². The molecule has 4 nitrogen and oxygen atoms in total. The van der Waals surface area contributed by atoms with E-state index in [-0.39, 0.29) is 0 Å². The van der Waals surface area contributed by atoms with E-state index >= 15 is 0 Å². The molecule has 16 heavy (non-hydrogen) atoms. The zero-order valence-electron chi connectivity index (χ0n) is 8.24.